The predicted molar refractivity (Wildman–Crippen MR) is 249 cm³/mol. The molecule has 0 saturated heterocycles. The number of nitrogens with one attached hydrogen (secondary N) is 1. The van der Waals surface area contributed by atoms with Crippen LogP contribution in [0.1, 0.15) is 37.8 Å². The van der Waals surface area contributed by atoms with E-state index in [2.05, 4.69) is 62.2 Å². The van der Waals surface area contributed by atoms with E-state index in [-0.39, 0.29) is 12.1 Å². The quantitative estimate of drug-likeness (QED) is 0.0883. The van der Waals surface area contributed by atoms with Crippen LogP contribution in [0, 0.1) is 11.3 Å². The zero-order chi connectivity index (χ0) is 45.7. The average Bonchev–Trinajstić information content (AvgIpc) is 3.34. The van der Waals surface area contributed by atoms with Gasteiger partial charge in [-0.05, 0) is 94.6 Å². The van der Waals surface area contributed by atoms with Gasteiger partial charge >= 0.3 is 7.12 Å². The van der Waals surface area contributed by atoms with E-state index in [0.29, 0.717) is 40.2 Å². The number of hydrogen-bond donors (Lipinski definition) is 5. The maximum Gasteiger partial charge on any atom is 0.488 e. The number of benzene rings is 3. The minimum Gasteiger partial charge on any atom is -0.497 e. The van der Waals surface area contributed by atoms with Gasteiger partial charge in [0.05, 0.1) is 43.8 Å². The van der Waals surface area contributed by atoms with Crippen LogP contribution in [0.25, 0.3) is 22.3 Å². The molecule has 0 unspecified atom stereocenters. The number of halogens is 1. The molecule has 1 aliphatic rings. The summed E-state index contributed by atoms with van der Waals surface area (Å²) in [4.78, 5) is 28.3. The van der Waals surface area contributed by atoms with E-state index in [1.165, 1.54) is 6.42 Å². The SMILES string of the molecule is COc1ccc(-c2cnc(N)nc2)cc1.COc1ccc(-c2cnc(Nc3cnc(C#N)c(OC4CCCCC4)c3)nc2)cc1.COc1ccc(B(O)O)cc1.Nc1ncc(Br)cn1. The molecule has 17 nitrogen and oxygen atoms in total. The Morgan fingerprint density at radius 2 is 1.08 bits per heavy atom. The molecule has 19 heteroatoms. The number of methoxy groups -OCH3 is 3. The van der Waals surface area contributed by atoms with Gasteiger partial charge in [-0.1, -0.05) is 42.8 Å². The topological polar surface area (TPSA) is 255 Å². The third-order valence-electron chi connectivity index (χ3n) is 9.29. The van der Waals surface area contributed by atoms with Crippen molar-refractivity contribution in [2.24, 2.45) is 0 Å². The number of anilines is 4. The molecule has 1 fully saturated rings. The van der Waals surface area contributed by atoms with Gasteiger partial charge in [-0.15, -0.1) is 0 Å². The molecule has 8 rings (SSSR count). The lowest BCUT2D eigenvalue weighted by Gasteiger charge is -2.23. The van der Waals surface area contributed by atoms with Crippen LogP contribution >= 0.6 is 15.9 Å². The molecule has 328 valence electrons. The third kappa shape index (κ3) is 15.2. The number of nitrogens with zero attached hydrogens (tertiary/aromatic N) is 8. The van der Waals surface area contributed by atoms with Gasteiger partial charge in [-0.25, -0.2) is 34.9 Å². The molecule has 0 aliphatic heterocycles. The van der Waals surface area contributed by atoms with Crippen molar-refractivity contribution in [2.75, 3.05) is 38.1 Å². The van der Waals surface area contributed by atoms with E-state index >= 15 is 0 Å². The Kier molecular flexibility index (Phi) is 18.5. The predicted octanol–water partition coefficient (Wildman–Crippen LogP) is 6.80. The molecule has 0 radical (unpaired) electrons. The summed E-state index contributed by atoms with van der Waals surface area (Å²) in [7, 11) is 3.44. The second kappa shape index (κ2) is 24.9. The van der Waals surface area contributed by atoms with Crippen molar-refractivity contribution in [3.8, 4) is 51.3 Å². The summed E-state index contributed by atoms with van der Waals surface area (Å²) < 4.78 is 22.1. The standard InChI is InChI=1S/C23H23N5O2.C11H11N3O.C7H9BO3.C4H4BrN3/c1-29-19-9-7-16(8-10-19)17-13-26-23(27-14-17)28-18-11-22(21(12-24)25-15-18)30-20-5-3-2-4-6-20;1-15-10-4-2-8(3-5-10)9-6-13-11(12)14-7-9;1-11-7-4-2-6(3-5-7)8(9)10;5-3-1-7-4(6)8-2-3/h7-11,13-15,20H,2-6H2,1H3,(H,26,27,28);2-7H,1H3,(H2,12,13,14);2-5,9-10H,1H3;1-2H,(H2,6,7,8). The van der Waals surface area contributed by atoms with Crippen LogP contribution < -0.4 is 41.2 Å². The Bertz CT molecular complexity index is 2470. The fraction of sp³-hybridized carbons (Fsp3) is 0.200. The summed E-state index contributed by atoms with van der Waals surface area (Å²) in [6, 6.07) is 25.9. The highest BCUT2D eigenvalue weighted by atomic mass is 79.9. The van der Waals surface area contributed by atoms with Crippen molar-refractivity contribution in [1.29, 1.82) is 5.26 Å². The van der Waals surface area contributed by atoms with Gasteiger partial charge in [0.25, 0.3) is 0 Å². The van der Waals surface area contributed by atoms with Gasteiger partial charge in [0.1, 0.15) is 23.3 Å². The number of ether oxygens (including phenoxy) is 4. The fourth-order valence-electron chi connectivity index (χ4n) is 5.87. The van der Waals surface area contributed by atoms with E-state index in [9.17, 15) is 5.26 Å². The van der Waals surface area contributed by atoms with Gasteiger partial charge < -0.3 is 45.8 Å². The van der Waals surface area contributed by atoms with Crippen molar-refractivity contribution in [1.82, 2.24) is 34.9 Å². The van der Waals surface area contributed by atoms with E-state index in [1.807, 2.05) is 48.5 Å². The van der Waals surface area contributed by atoms with Gasteiger partial charge in [0, 0.05) is 54.4 Å². The van der Waals surface area contributed by atoms with Crippen LogP contribution in [0.4, 0.5) is 23.5 Å². The lowest BCUT2D eigenvalue weighted by Crippen LogP contribution is -2.29. The molecule has 64 heavy (non-hydrogen) atoms. The molecule has 4 aromatic heterocycles. The summed E-state index contributed by atoms with van der Waals surface area (Å²) in [5.74, 6) is 3.87. The normalized spacial score (nSPS) is 11.6. The molecule has 7 N–H and O–H groups in total. The summed E-state index contributed by atoms with van der Waals surface area (Å²) in [6.45, 7) is 0. The monoisotopic (exact) mass is 927 g/mol. The number of pyridine rings is 1. The number of nitrogen functional groups attached to an aromatic ring is 2. The van der Waals surface area contributed by atoms with Gasteiger partial charge in [0.15, 0.2) is 11.4 Å². The number of nitriles is 1. The molecule has 0 spiro atoms. The highest BCUT2D eigenvalue weighted by molar-refractivity contribution is 9.10. The van der Waals surface area contributed by atoms with E-state index in [0.717, 1.165) is 63.9 Å². The maximum absolute atomic E-state index is 9.35. The molecular formula is C45H47BBrN11O6. The first-order valence-corrected chi connectivity index (χ1v) is 20.6. The smallest absolute Gasteiger partial charge is 0.488 e. The lowest BCUT2D eigenvalue weighted by atomic mass is 9.80. The first-order chi connectivity index (χ1) is 31.1. The Morgan fingerprint density at radius 3 is 1.52 bits per heavy atom. The lowest BCUT2D eigenvalue weighted by molar-refractivity contribution is 0.154. The Morgan fingerprint density at radius 1 is 0.625 bits per heavy atom. The van der Waals surface area contributed by atoms with Crippen molar-refractivity contribution < 1.29 is 29.0 Å². The third-order valence-corrected chi connectivity index (χ3v) is 9.69. The summed E-state index contributed by atoms with van der Waals surface area (Å²) in [5, 5.41) is 29.9. The first-order valence-electron chi connectivity index (χ1n) is 19.8. The van der Waals surface area contributed by atoms with Gasteiger partial charge in [0.2, 0.25) is 17.8 Å². The van der Waals surface area contributed by atoms with E-state index in [1.54, 1.807) is 95.0 Å². The highest BCUT2D eigenvalue weighted by Crippen LogP contribution is 2.28. The van der Waals surface area contributed by atoms with Crippen molar-refractivity contribution in [3.63, 3.8) is 0 Å². The molecule has 0 bridgehead atoms. The van der Waals surface area contributed by atoms with Crippen molar-refractivity contribution in [2.45, 2.75) is 38.2 Å². The Balaban J connectivity index is 0.000000187. The van der Waals surface area contributed by atoms with Crippen LogP contribution in [0.2, 0.25) is 0 Å². The van der Waals surface area contributed by atoms with Crippen molar-refractivity contribution >= 4 is 52.0 Å². The van der Waals surface area contributed by atoms with Crippen LogP contribution in [-0.4, -0.2) is 79.5 Å². The Hall–Kier alpha value is -7.40. The summed E-state index contributed by atoms with van der Waals surface area (Å²) in [6.07, 6.45) is 17.4. The molecule has 0 amide bonds. The molecule has 7 aromatic rings. The van der Waals surface area contributed by atoms with Crippen LogP contribution in [0.5, 0.6) is 23.0 Å². The first kappa shape index (κ1) is 47.7. The number of nitrogens with two attached hydrogens (primary N) is 2. The second-order valence-electron chi connectivity index (χ2n) is 13.7. The zero-order valence-electron chi connectivity index (χ0n) is 35.4. The van der Waals surface area contributed by atoms with Crippen LogP contribution in [0.3, 0.4) is 0 Å². The number of rotatable bonds is 10. The maximum atomic E-state index is 9.35. The van der Waals surface area contributed by atoms with Crippen molar-refractivity contribution in [3.05, 3.63) is 132 Å². The van der Waals surface area contributed by atoms with E-state index < -0.39 is 7.12 Å². The van der Waals surface area contributed by atoms with E-state index in [4.69, 9.17) is 40.5 Å². The minimum absolute atomic E-state index is 0.142. The van der Waals surface area contributed by atoms with Gasteiger partial charge in [-0.3, -0.25) is 0 Å². The molecule has 1 saturated carbocycles. The molecule has 4 heterocycles. The number of aromatic nitrogens is 7. The van der Waals surface area contributed by atoms with Crippen LogP contribution in [-0.2, 0) is 0 Å². The second-order valence-corrected chi connectivity index (χ2v) is 14.6. The largest absolute Gasteiger partial charge is 0.497 e. The number of hydrogen-bond acceptors (Lipinski definition) is 17. The molecular weight excluding hydrogens is 881 g/mol. The molecule has 0 atom stereocenters. The summed E-state index contributed by atoms with van der Waals surface area (Å²) in [5.41, 5.74) is 15.9. The highest BCUT2D eigenvalue weighted by Gasteiger charge is 2.18. The van der Waals surface area contributed by atoms with Crippen LogP contribution in [0.15, 0.2) is 127 Å². The fourth-order valence-corrected chi connectivity index (χ4v) is 6.08. The average molecular weight is 929 g/mol. The summed E-state index contributed by atoms with van der Waals surface area (Å²) >= 11 is 3.16. The molecule has 3 aromatic carbocycles. The Labute approximate surface area is 379 Å². The minimum atomic E-state index is -1.40. The molecule has 1 aliphatic carbocycles. The zero-order valence-corrected chi connectivity index (χ0v) is 37.0. The van der Waals surface area contributed by atoms with Gasteiger partial charge in [-0.2, -0.15) is 5.26 Å².